The third-order valence-electron chi connectivity index (χ3n) is 3.00. The van der Waals surface area contributed by atoms with E-state index in [1.807, 2.05) is 0 Å². The van der Waals surface area contributed by atoms with Gasteiger partial charge in [-0.25, -0.2) is 14.0 Å². The van der Waals surface area contributed by atoms with Crippen LogP contribution in [-0.4, -0.2) is 45.8 Å². The fourth-order valence-electron chi connectivity index (χ4n) is 2.04. The first-order valence-electron chi connectivity index (χ1n) is 5.82. The zero-order chi connectivity index (χ0) is 14.9. The number of aliphatic carboxylic acids is 1. The molecule has 0 aliphatic carbocycles. The SMILES string of the molecule is O=C(O)[C@@H]1CC(O)CN1C(=O)Nc1ccc(Cl)c(F)c1. The lowest BCUT2D eigenvalue weighted by atomic mass is 10.2. The van der Waals surface area contributed by atoms with Crippen LogP contribution in [-0.2, 0) is 4.79 Å². The van der Waals surface area contributed by atoms with Gasteiger partial charge in [-0.2, -0.15) is 0 Å². The van der Waals surface area contributed by atoms with E-state index < -0.39 is 30.0 Å². The minimum Gasteiger partial charge on any atom is -0.480 e. The number of carboxylic acids is 1. The zero-order valence-corrected chi connectivity index (χ0v) is 11.0. The second kappa shape index (κ2) is 5.64. The highest BCUT2D eigenvalue weighted by Crippen LogP contribution is 2.22. The molecule has 1 aliphatic heterocycles. The van der Waals surface area contributed by atoms with Crippen molar-refractivity contribution in [2.24, 2.45) is 0 Å². The molecule has 1 heterocycles. The fourth-order valence-corrected chi connectivity index (χ4v) is 2.16. The monoisotopic (exact) mass is 302 g/mol. The molecule has 2 atom stereocenters. The van der Waals surface area contributed by atoms with E-state index in [2.05, 4.69) is 5.32 Å². The van der Waals surface area contributed by atoms with Gasteiger partial charge in [-0.1, -0.05) is 11.6 Å². The first kappa shape index (κ1) is 14.5. The molecule has 0 bridgehead atoms. The molecule has 108 valence electrons. The lowest BCUT2D eigenvalue weighted by Crippen LogP contribution is -2.43. The van der Waals surface area contributed by atoms with Gasteiger partial charge >= 0.3 is 12.0 Å². The van der Waals surface area contributed by atoms with Crippen molar-refractivity contribution in [3.8, 4) is 0 Å². The predicted octanol–water partition coefficient (Wildman–Crippen LogP) is 1.53. The molecule has 2 amide bonds. The number of halogens is 2. The van der Waals surface area contributed by atoms with Gasteiger partial charge in [0.1, 0.15) is 11.9 Å². The molecule has 20 heavy (non-hydrogen) atoms. The zero-order valence-electron chi connectivity index (χ0n) is 10.2. The van der Waals surface area contributed by atoms with Crippen LogP contribution >= 0.6 is 11.6 Å². The van der Waals surface area contributed by atoms with Gasteiger partial charge < -0.3 is 20.4 Å². The number of amides is 2. The summed E-state index contributed by atoms with van der Waals surface area (Å²) in [5.41, 5.74) is 0.155. The number of benzene rings is 1. The molecule has 0 aromatic heterocycles. The number of nitrogens with one attached hydrogen (secondary N) is 1. The first-order chi connectivity index (χ1) is 9.38. The first-order valence-corrected chi connectivity index (χ1v) is 6.20. The van der Waals surface area contributed by atoms with Gasteiger partial charge in [-0.15, -0.1) is 0 Å². The molecular weight excluding hydrogens is 291 g/mol. The number of carbonyl (C=O) groups excluding carboxylic acids is 1. The van der Waals surface area contributed by atoms with Gasteiger partial charge in [0.25, 0.3) is 0 Å². The van der Waals surface area contributed by atoms with E-state index in [9.17, 15) is 19.1 Å². The number of aliphatic hydroxyl groups is 1. The largest absolute Gasteiger partial charge is 0.480 e. The molecule has 1 aliphatic rings. The van der Waals surface area contributed by atoms with E-state index in [0.29, 0.717) is 0 Å². The topological polar surface area (TPSA) is 89.9 Å². The van der Waals surface area contributed by atoms with E-state index >= 15 is 0 Å². The number of urea groups is 1. The maximum atomic E-state index is 13.2. The number of hydrogen-bond acceptors (Lipinski definition) is 3. The number of anilines is 1. The minimum atomic E-state index is -1.20. The van der Waals surface area contributed by atoms with Crippen LogP contribution in [0.5, 0.6) is 0 Å². The van der Waals surface area contributed by atoms with Crippen molar-refractivity contribution in [2.45, 2.75) is 18.6 Å². The molecule has 1 saturated heterocycles. The van der Waals surface area contributed by atoms with Gasteiger partial charge in [0.15, 0.2) is 0 Å². The normalized spacial score (nSPS) is 21.9. The van der Waals surface area contributed by atoms with Crippen LogP contribution in [0.25, 0.3) is 0 Å². The number of β-amino-alcohol motifs (C(OH)–C–C–N with tert-alkyl or cyclic N) is 1. The molecule has 0 radical (unpaired) electrons. The summed E-state index contributed by atoms with van der Waals surface area (Å²) in [7, 11) is 0. The van der Waals surface area contributed by atoms with Crippen molar-refractivity contribution < 1.29 is 24.2 Å². The number of rotatable bonds is 2. The van der Waals surface area contributed by atoms with Crippen LogP contribution in [0.4, 0.5) is 14.9 Å². The quantitative estimate of drug-likeness (QED) is 0.773. The Labute approximate surface area is 118 Å². The Morgan fingerprint density at radius 3 is 2.75 bits per heavy atom. The molecule has 6 nitrogen and oxygen atoms in total. The van der Waals surface area contributed by atoms with Crippen molar-refractivity contribution in [3.05, 3.63) is 29.0 Å². The summed E-state index contributed by atoms with van der Waals surface area (Å²) in [4.78, 5) is 24.0. The number of carbonyl (C=O) groups is 2. The standard InChI is InChI=1S/C12H12ClFN2O4/c13-8-2-1-6(3-9(8)14)15-12(20)16-5-7(17)4-10(16)11(18)19/h1-3,7,10,17H,4-5H2,(H,15,20)(H,18,19)/t7?,10-/m0/s1. The number of likely N-dealkylation sites (tertiary alicyclic amines) is 1. The molecule has 1 unspecified atom stereocenters. The van der Waals surface area contributed by atoms with Crippen molar-refractivity contribution >= 4 is 29.3 Å². The highest BCUT2D eigenvalue weighted by Gasteiger charge is 2.39. The number of hydrogen-bond donors (Lipinski definition) is 3. The van der Waals surface area contributed by atoms with Crippen LogP contribution in [0.2, 0.25) is 5.02 Å². The summed E-state index contributed by atoms with van der Waals surface area (Å²) in [6.07, 6.45) is -0.915. The van der Waals surface area contributed by atoms with Crippen LogP contribution in [0, 0.1) is 5.82 Å². The Hall–Kier alpha value is -1.86. The number of aliphatic hydroxyl groups excluding tert-OH is 1. The maximum absolute atomic E-state index is 13.2. The van der Waals surface area contributed by atoms with Crippen LogP contribution in [0.3, 0.4) is 0 Å². The van der Waals surface area contributed by atoms with E-state index in [-0.39, 0.29) is 23.7 Å². The van der Waals surface area contributed by atoms with E-state index in [0.717, 1.165) is 11.0 Å². The second-order valence-electron chi connectivity index (χ2n) is 4.45. The maximum Gasteiger partial charge on any atom is 0.326 e. The van der Waals surface area contributed by atoms with Crippen molar-refractivity contribution in [3.63, 3.8) is 0 Å². The molecule has 0 saturated carbocycles. The average Bonchev–Trinajstić information content (AvgIpc) is 2.76. The molecule has 2 rings (SSSR count). The van der Waals surface area contributed by atoms with Crippen molar-refractivity contribution in [2.75, 3.05) is 11.9 Å². The van der Waals surface area contributed by atoms with Gasteiger partial charge in [-0.05, 0) is 18.2 Å². The predicted molar refractivity (Wildman–Crippen MR) is 69.2 cm³/mol. The number of carboxylic acid groups (broad SMARTS) is 1. The van der Waals surface area contributed by atoms with Crippen LogP contribution in [0.1, 0.15) is 6.42 Å². The summed E-state index contributed by atoms with van der Waals surface area (Å²) in [6, 6.07) is 1.89. The van der Waals surface area contributed by atoms with Crippen LogP contribution in [0.15, 0.2) is 18.2 Å². The van der Waals surface area contributed by atoms with Gasteiger partial charge in [0, 0.05) is 18.7 Å². The summed E-state index contributed by atoms with van der Waals surface area (Å²) in [5.74, 6) is -1.89. The van der Waals surface area contributed by atoms with Crippen molar-refractivity contribution in [1.82, 2.24) is 4.90 Å². The van der Waals surface area contributed by atoms with Gasteiger partial charge in [0.2, 0.25) is 0 Å². The van der Waals surface area contributed by atoms with Gasteiger partial charge in [0.05, 0.1) is 11.1 Å². The molecule has 3 N–H and O–H groups in total. The minimum absolute atomic E-state index is 0.0300. The third-order valence-corrected chi connectivity index (χ3v) is 3.30. The molecule has 1 aromatic rings. The molecule has 0 spiro atoms. The fraction of sp³-hybridized carbons (Fsp3) is 0.333. The Balaban J connectivity index is 2.11. The van der Waals surface area contributed by atoms with E-state index in [1.165, 1.54) is 12.1 Å². The number of nitrogens with zero attached hydrogens (tertiary/aromatic N) is 1. The second-order valence-corrected chi connectivity index (χ2v) is 4.86. The highest BCUT2D eigenvalue weighted by atomic mass is 35.5. The Morgan fingerprint density at radius 2 is 2.15 bits per heavy atom. The smallest absolute Gasteiger partial charge is 0.326 e. The Kier molecular flexibility index (Phi) is 4.10. The summed E-state index contributed by atoms with van der Waals surface area (Å²) < 4.78 is 13.2. The molecule has 1 fully saturated rings. The van der Waals surface area contributed by atoms with E-state index in [4.69, 9.17) is 16.7 Å². The summed E-state index contributed by atoms with van der Waals surface area (Å²) >= 11 is 5.52. The highest BCUT2D eigenvalue weighted by molar-refractivity contribution is 6.30. The van der Waals surface area contributed by atoms with E-state index in [1.54, 1.807) is 0 Å². The van der Waals surface area contributed by atoms with Crippen molar-refractivity contribution in [1.29, 1.82) is 0 Å². The lowest BCUT2D eigenvalue weighted by molar-refractivity contribution is -0.141. The average molecular weight is 303 g/mol. The third kappa shape index (κ3) is 3.00. The Morgan fingerprint density at radius 1 is 1.45 bits per heavy atom. The molecule has 1 aromatic carbocycles. The Bertz CT molecular complexity index is 554. The van der Waals surface area contributed by atoms with Gasteiger partial charge in [-0.3, -0.25) is 0 Å². The molecule has 8 heteroatoms. The van der Waals surface area contributed by atoms with Crippen LogP contribution < -0.4 is 5.32 Å². The summed E-state index contributed by atoms with van der Waals surface area (Å²) in [5, 5.41) is 20.7. The lowest BCUT2D eigenvalue weighted by Gasteiger charge is -2.21. The molecular formula is C12H12ClFN2O4. The summed E-state index contributed by atoms with van der Waals surface area (Å²) in [6.45, 7) is -0.0845.